The number of anilines is 1. The Labute approximate surface area is 242 Å². The molecule has 3 aromatic heterocycles. The summed E-state index contributed by atoms with van der Waals surface area (Å²) < 4.78 is 1.63. The van der Waals surface area contributed by atoms with Gasteiger partial charge in [-0.25, -0.2) is 9.97 Å². The molecule has 0 spiro atoms. The fraction of sp³-hybridized carbons (Fsp3) is 0.0667. The third-order valence-electron chi connectivity index (χ3n) is 6.51. The van der Waals surface area contributed by atoms with Crippen molar-refractivity contribution >= 4 is 62.6 Å². The fourth-order valence-corrected chi connectivity index (χ4v) is 6.22. The van der Waals surface area contributed by atoms with Crippen LogP contribution in [-0.2, 0) is 0 Å². The Morgan fingerprint density at radius 1 is 0.900 bits per heavy atom. The Bertz CT molecular complexity index is 1990. The van der Waals surface area contributed by atoms with Crippen LogP contribution in [0.3, 0.4) is 0 Å². The molecule has 0 bridgehead atoms. The molecule has 7 nitrogen and oxygen atoms in total. The van der Waals surface area contributed by atoms with Crippen LogP contribution in [0.2, 0.25) is 10.0 Å². The van der Waals surface area contributed by atoms with Crippen molar-refractivity contribution in [3.63, 3.8) is 0 Å². The number of rotatable bonds is 6. The molecule has 0 radical (unpaired) electrons. The Hall–Kier alpha value is -4.11. The maximum absolute atomic E-state index is 14.4. The van der Waals surface area contributed by atoms with Crippen LogP contribution in [0, 0.1) is 0 Å². The molecule has 0 saturated carbocycles. The largest absolute Gasteiger partial charge is 0.361 e. The van der Waals surface area contributed by atoms with Crippen molar-refractivity contribution in [2.45, 2.75) is 22.8 Å². The molecule has 198 valence electrons. The second-order valence-electron chi connectivity index (χ2n) is 9.06. The second-order valence-corrected chi connectivity index (χ2v) is 11.0. The summed E-state index contributed by atoms with van der Waals surface area (Å²) in [7, 11) is 0. The lowest BCUT2D eigenvalue weighted by atomic mass is 10.1. The smallest absolute Gasteiger partial charge is 0.264 e. The van der Waals surface area contributed by atoms with Gasteiger partial charge in [-0.1, -0.05) is 65.3 Å². The molecule has 0 saturated heterocycles. The zero-order valence-corrected chi connectivity index (χ0v) is 23.4. The minimum absolute atomic E-state index is 0.211. The maximum atomic E-state index is 14.4. The van der Waals surface area contributed by atoms with Crippen LogP contribution in [0.15, 0.2) is 111 Å². The number of aromatic amines is 1. The predicted molar refractivity (Wildman–Crippen MR) is 162 cm³/mol. The molecule has 40 heavy (non-hydrogen) atoms. The summed E-state index contributed by atoms with van der Waals surface area (Å²) in [5.41, 5.74) is 1.18. The third kappa shape index (κ3) is 4.75. The van der Waals surface area contributed by atoms with Crippen molar-refractivity contribution < 1.29 is 0 Å². The van der Waals surface area contributed by atoms with Gasteiger partial charge in [0, 0.05) is 38.2 Å². The number of halogens is 2. The third-order valence-corrected chi connectivity index (χ3v) is 8.23. The molecule has 0 unspecified atom stereocenters. The molecule has 10 heteroatoms. The van der Waals surface area contributed by atoms with Gasteiger partial charge in [0.05, 0.1) is 22.1 Å². The van der Waals surface area contributed by atoms with E-state index >= 15 is 0 Å². The number of hydrogen-bond acceptors (Lipinski definition) is 6. The van der Waals surface area contributed by atoms with Crippen LogP contribution in [0.25, 0.3) is 27.5 Å². The number of pyridine rings is 2. The summed E-state index contributed by atoms with van der Waals surface area (Å²) in [4.78, 5) is 40.2. The van der Waals surface area contributed by atoms with E-state index in [9.17, 15) is 9.59 Å². The summed E-state index contributed by atoms with van der Waals surface area (Å²) >= 11 is 14.7. The first-order valence-corrected chi connectivity index (χ1v) is 13.9. The maximum Gasteiger partial charge on any atom is 0.264 e. The van der Waals surface area contributed by atoms with Crippen molar-refractivity contribution in [1.82, 2.24) is 19.5 Å². The molecule has 6 rings (SSSR count). The lowest BCUT2D eigenvalue weighted by molar-refractivity contribution is 0.774. The molecule has 0 amide bonds. The average molecular weight is 587 g/mol. The van der Waals surface area contributed by atoms with E-state index in [1.165, 1.54) is 30.4 Å². The number of nitrogens with zero attached hydrogens (tertiary/aromatic N) is 3. The Kier molecular flexibility index (Phi) is 7.06. The highest BCUT2D eigenvalue weighted by molar-refractivity contribution is 7.99. The highest BCUT2D eigenvalue weighted by Gasteiger charge is 2.24. The van der Waals surface area contributed by atoms with E-state index in [1.54, 1.807) is 4.57 Å². The number of hydrogen-bond donors (Lipinski definition) is 2. The van der Waals surface area contributed by atoms with Gasteiger partial charge in [0.25, 0.3) is 5.56 Å². The zero-order chi connectivity index (χ0) is 27.8. The Morgan fingerprint density at radius 2 is 1.68 bits per heavy atom. The molecule has 0 aliphatic carbocycles. The van der Waals surface area contributed by atoms with E-state index in [1.807, 2.05) is 79.7 Å². The number of benzene rings is 3. The quantitative estimate of drug-likeness (QED) is 0.214. The summed E-state index contributed by atoms with van der Waals surface area (Å²) in [6.07, 6.45) is 2.91. The van der Waals surface area contributed by atoms with Crippen LogP contribution in [-0.4, -0.2) is 19.5 Å². The van der Waals surface area contributed by atoms with Crippen molar-refractivity contribution in [3.05, 3.63) is 128 Å². The first kappa shape index (κ1) is 26.1. The van der Waals surface area contributed by atoms with Gasteiger partial charge in [-0.2, -0.15) is 0 Å². The van der Waals surface area contributed by atoms with Crippen LogP contribution >= 0.6 is 35.0 Å². The number of aromatic nitrogens is 4. The molecule has 2 N–H and O–H groups in total. The molecule has 0 aliphatic heterocycles. The van der Waals surface area contributed by atoms with Crippen LogP contribution < -0.4 is 16.3 Å². The van der Waals surface area contributed by atoms with Gasteiger partial charge in [0.2, 0.25) is 0 Å². The fourth-order valence-electron chi connectivity index (χ4n) is 4.71. The second kappa shape index (κ2) is 10.8. The van der Waals surface area contributed by atoms with Crippen LogP contribution in [0.5, 0.6) is 0 Å². The summed E-state index contributed by atoms with van der Waals surface area (Å²) in [6, 6.07) is 23.4. The topological polar surface area (TPSA) is 92.7 Å². The number of fused-ring (bicyclic) bond motifs is 2. The molecule has 0 fully saturated rings. The lowest BCUT2D eigenvalue weighted by Crippen LogP contribution is -2.27. The van der Waals surface area contributed by atoms with Crippen LogP contribution in [0.1, 0.15) is 18.7 Å². The van der Waals surface area contributed by atoms with Gasteiger partial charge in [0.1, 0.15) is 23.2 Å². The summed E-state index contributed by atoms with van der Waals surface area (Å²) in [5.74, 6) is 0.342. The van der Waals surface area contributed by atoms with E-state index < -0.39 is 6.04 Å². The highest BCUT2D eigenvalue weighted by atomic mass is 35.5. The molecule has 3 aromatic carbocycles. The summed E-state index contributed by atoms with van der Waals surface area (Å²) in [6.45, 7) is 1.88. The number of nitrogens with one attached hydrogen (secondary N) is 2. The summed E-state index contributed by atoms with van der Waals surface area (Å²) in [5, 5.41) is 5.84. The predicted octanol–water partition coefficient (Wildman–Crippen LogP) is 7.25. The lowest BCUT2D eigenvalue weighted by Gasteiger charge is -2.24. The minimum Gasteiger partial charge on any atom is -0.361 e. The van der Waals surface area contributed by atoms with Crippen molar-refractivity contribution in [2.75, 3.05) is 5.32 Å². The SMILES string of the molecule is C[C@H](Nc1ncnc2[nH]ccc(=O)c12)c1c(Cl)c2cccc(Sc3ccc(Cl)cc3)c2c(=O)n1-c1ccccc1. The van der Waals surface area contributed by atoms with E-state index in [-0.39, 0.29) is 11.0 Å². The van der Waals surface area contributed by atoms with Crippen molar-refractivity contribution in [3.8, 4) is 5.69 Å². The van der Waals surface area contributed by atoms with E-state index in [0.717, 1.165) is 9.79 Å². The van der Waals surface area contributed by atoms with Gasteiger partial charge in [0.15, 0.2) is 5.43 Å². The molecule has 0 aliphatic rings. The first-order chi connectivity index (χ1) is 19.4. The Morgan fingerprint density at radius 3 is 2.45 bits per heavy atom. The van der Waals surface area contributed by atoms with Gasteiger partial charge in [-0.05, 0) is 49.4 Å². The first-order valence-electron chi connectivity index (χ1n) is 12.4. The van der Waals surface area contributed by atoms with E-state index in [4.69, 9.17) is 23.2 Å². The molecule has 1 atom stereocenters. The zero-order valence-electron chi connectivity index (χ0n) is 21.1. The molecule has 3 heterocycles. The molecular weight excluding hydrogens is 565 g/mol. The molecule has 6 aromatic rings. The normalized spacial score (nSPS) is 12.1. The van der Waals surface area contributed by atoms with E-state index in [0.29, 0.717) is 49.1 Å². The van der Waals surface area contributed by atoms with Gasteiger partial charge < -0.3 is 10.3 Å². The van der Waals surface area contributed by atoms with Crippen molar-refractivity contribution in [2.24, 2.45) is 0 Å². The van der Waals surface area contributed by atoms with E-state index in [2.05, 4.69) is 20.3 Å². The minimum atomic E-state index is -0.518. The van der Waals surface area contributed by atoms with Gasteiger partial charge >= 0.3 is 0 Å². The number of H-pyrrole nitrogens is 1. The van der Waals surface area contributed by atoms with Gasteiger partial charge in [-0.3, -0.25) is 14.2 Å². The standard InChI is InChI=1S/C30H21Cl2N5O2S/c1-17(36-29-25-22(38)14-15-33-28(25)34-16-35-29)27-26(32)21-8-5-9-23(40-20-12-10-18(31)11-13-20)24(21)30(39)37(27)19-6-3-2-4-7-19/h2-17H,1H3,(H2,33,34,35,36,38)/t17-/m0/s1. The number of para-hydroxylation sites is 1. The van der Waals surface area contributed by atoms with Crippen LogP contribution in [0.4, 0.5) is 5.82 Å². The molecular formula is C30H21Cl2N5O2S. The van der Waals surface area contributed by atoms with Gasteiger partial charge in [-0.15, -0.1) is 0 Å². The monoisotopic (exact) mass is 585 g/mol. The van der Waals surface area contributed by atoms with Crippen molar-refractivity contribution in [1.29, 1.82) is 0 Å². The Balaban J connectivity index is 1.56. The highest BCUT2D eigenvalue weighted by Crippen LogP contribution is 2.38. The average Bonchev–Trinajstić information content (AvgIpc) is 2.96.